The second-order valence-electron chi connectivity index (χ2n) is 4.98. The molecule has 0 radical (unpaired) electrons. The summed E-state index contributed by atoms with van der Waals surface area (Å²) < 4.78 is 18.4. The fourth-order valence-electron chi connectivity index (χ4n) is 2.48. The molecule has 23 heavy (non-hydrogen) atoms. The van der Waals surface area contributed by atoms with E-state index in [1.165, 1.54) is 12.1 Å². The van der Waals surface area contributed by atoms with Gasteiger partial charge >= 0.3 is 5.97 Å². The third-order valence-electron chi connectivity index (χ3n) is 3.50. The van der Waals surface area contributed by atoms with E-state index in [-0.39, 0.29) is 17.6 Å². The van der Waals surface area contributed by atoms with Crippen molar-refractivity contribution in [1.29, 1.82) is 0 Å². The van der Waals surface area contributed by atoms with Crippen LogP contribution in [0, 0.1) is 5.82 Å². The Morgan fingerprint density at radius 3 is 2.61 bits per heavy atom. The minimum absolute atomic E-state index is 0.115. The summed E-state index contributed by atoms with van der Waals surface area (Å²) in [5.41, 5.74) is 0.849. The van der Waals surface area contributed by atoms with Crippen LogP contribution in [0.1, 0.15) is 17.3 Å². The Hall–Kier alpha value is -2.95. The molecule has 0 saturated heterocycles. The van der Waals surface area contributed by atoms with Gasteiger partial charge < -0.3 is 9.72 Å². The van der Waals surface area contributed by atoms with Crippen LogP contribution in [-0.2, 0) is 4.74 Å². The highest BCUT2D eigenvalue weighted by Crippen LogP contribution is 2.23. The lowest BCUT2D eigenvalue weighted by molar-refractivity contribution is 0.0525. The molecule has 0 bridgehead atoms. The molecule has 0 amide bonds. The van der Waals surface area contributed by atoms with Gasteiger partial charge in [-0.05, 0) is 30.7 Å². The molecule has 0 aliphatic rings. The largest absolute Gasteiger partial charge is 0.462 e. The second-order valence-corrected chi connectivity index (χ2v) is 4.98. The Bertz CT molecular complexity index is 932. The normalized spacial score (nSPS) is 10.7. The summed E-state index contributed by atoms with van der Waals surface area (Å²) in [6, 6.07) is 12.9. The van der Waals surface area contributed by atoms with Gasteiger partial charge in [-0.1, -0.05) is 30.3 Å². The molecule has 0 saturated carbocycles. The molecule has 0 aliphatic carbocycles. The number of halogens is 1. The fourth-order valence-corrected chi connectivity index (χ4v) is 2.48. The van der Waals surface area contributed by atoms with Crippen molar-refractivity contribution in [3.63, 3.8) is 0 Å². The van der Waals surface area contributed by atoms with Crippen LogP contribution < -0.4 is 5.43 Å². The summed E-state index contributed by atoms with van der Waals surface area (Å²) in [5, 5.41) is 0.118. The van der Waals surface area contributed by atoms with Gasteiger partial charge in [-0.15, -0.1) is 0 Å². The van der Waals surface area contributed by atoms with E-state index in [9.17, 15) is 14.0 Å². The fraction of sp³-hybridized carbons (Fsp3) is 0.111. The Labute approximate surface area is 131 Å². The second kappa shape index (κ2) is 6.04. The van der Waals surface area contributed by atoms with E-state index in [4.69, 9.17) is 4.74 Å². The number of H-pyrrole nitrogens is 1. The number of ether oxygens (including phenoxy) is 1. The quantitative estimate of drug-likeness (QED) is 0.753. The minimum atomic E-state index is -0.723. The highest BCUT2D eigenvalue weighted by molar-refractivity contribution is 6.00. The molecule has 116 valence electrons. The van der Waals surface area contributed by atoms with Crippen molar-refractivity contribution < 1.29 is 13.9 Å². The molecule has 0 unspecified atom stereocenters. The maximum atomic E-state index is 13.5. The van der Waals surface area contributed by atoms with Gasteiger partial charge in [0, 0.05) is 10.9 Å². The minimum Gasteiger partial charge on any atom is -0.462 e. The summed E-state index contributed by atoms with van der Waals surface area (Å²) >= 11 is 0. The molecule has 3 aromatic rings. The van der Waals surface area contributed by atoms with Gasteiger partial charge in [0.25, 0.3) is 0 Å². The average Bonchev–Trinajstić information content (AvgIpc) is 2.56. The summed E-state index contributed by atoms with van der Waals surface area (Å²) in [5.74, 6) is -1.26. The predicted octanol–water partition coefficient (Wildman–Crippen LogP) is 3.51. The number of carbonyl (C=O) groups excluding carboxylic acids is 1. The molecule has 1 aromatic heterocycles. The van der Waals surface area contributed by atoms with E-state index in [2.05, 4.69) is 4.98 Å². The third kappa shape index (κ3) is 2.73. The average molecular weight is 311 g/mol. The molecular formula is C18H14FNO3. The van der Waals surface area contributed by atoms with E-state index >= 15 is 0 Å². The molecule has 0 aliphatic heterocycles. The number of hydrogen-bond donors (Lipinski definition) is 1. The van der Waals surface area contributed by atoms with E-state index in [1.54, 1.807) is 31.2 Å². The number of pyridine rings is 1. The molecule has 2 aromatic carbocycles. The third-order valence-corrected chi connectivity index (χ3v) is 3.50. The number of rotatable bonds is 3. The van der Waals surface area contributed by atoms with Crippen molar-refractivity contribution in [1.82, 2.24) is 4.98 Å². The van der Waals surface area contributed by atoms with Crippen LogP contribution >= 0.6 is 0 Å². The molecule has 1 N–H and O–H groups in total. The zero-order chi connectivity index (χ0) is 16.4. The zero-order valence-electron chi connectivity index (χ0n) is 12.4. The Kier molecular flexibility index (Phi) is 3.93. The molecule has 0 fully saturated rings. The highest BCUT2D eigenvalue weighted by atomic mass is 19.1. The van der Waals surface area contributed by atoms with Gasteiger partial charge in [0.1, 0.15) is 11.4 Å². The lowest BCUT2D eigenvalue weighted by Gasteiger charge is -2.11. The number of esters is 1. The van der Waals surface area contributed by atoms with E-state index < -0.39 is 17.2 Å². The van der Waals surface area contributed by atoms with Crippen molar-refractivity contribution in [2.45, 2.75) is 6.92 Å². The first-order valence-electron chi connectivity index (χ1n) is 7.20. The van der Waals surface area contributed by atoms with E-state index in [0.717, 1.165) is 6.07 Å². The molecule has 1 heterocycles. The van der Waals surface area contributed by atoms with Crippen LogP contribution in [-0.4, -0.2) is 17.6 Å². The SMILES string of the molecule is CCOC(=O)c1c(-c2ccccc2)[nH]c2ccc(F)cc2c1=O. The van der Waals surface area contributed by atoms with Crippen LogP contribution in [0.5, 0.6) is 0 Å². The smallest absolute Gasteiger partial charge is 0.344 e. The number of carbonyl (C=O) groups is 1. The first kappa shape index (κ1) is 15.0. The van der Waals surface area contributed by atoms with Gasteiger partial charge in [-0.3, -0.25) is 4.79 Å². The van der Waals surface area contributed by atoms with E-state index in [0.29, 0.717) is 16.8 Å². The van der Waals surface area contributed by atoms with Crippen molar-refractivity contribution >= 4 is 16.9 Å². The lowest BCUT2D eigenvalue weighted by atomic mass is 10.0. The lowest BCUT2D eigenvalue weighted by Crippen LogP contribution is -2.20. The van der Waals surface area contributed by atoms with Crippen LogP contribution in [0.2, 0.25) is 0 Å². The van der Waals surface area contributed by atoms with Crippen molar-refractivity contribution in [3.05, 3.63) is 70.1 Å². The molecule has 3 rings (SSSR count). The number of hydrogen-bond acceptors (Lipinski definition) is 3. The molecule has 0 atom stereocenters. The number of nitrogens with one attached hydrogen (secondary N) is 1. The van der Waals surface area contributed by atoms with Gasteiger partial charge in [-0.25, -0.2) is 9.18 Å². The summed E-state index contributed by atoms with van der Waals surface area (Å²) in [6.07, 6.45) is 0. The summed E-state index contributed by atoms with van der Waals surface area (Å²) in [6.45, 7) is 1.81. The van der Waals surface area contributed by atoms with Crippen LogP contribution in [0.25, 0.3) is 22.2 Å². The first-order chi connectivity index (χ1) is 11.1. The van der Waals surface area contributed by atoms with Crippen molar-refractivity contribution in [2.75, 3.05) is 6.61 Å². The summed E-state index contributed by atoms with van der Waals surface area (Å²) in [7, 11) is 0. The molecule has 4 nitrogen and oxygen atoms in total. The van der Waals surface area contributed by atoms with E-state index in [1.807, 2.05) is 6.07 Å². The first-order valence-corrected chi connectivity index (χ1v) is 7.20. The van der Waals surface area contributed by atoms with Gasteiger partial charge in [0.05, 0.1) is 12.3 Å². The monoisotopic (exact) mass is 311 g/mol. The van der Waals surface area contributed by atoms with Crippen LogP contribution in [0.15, 0.2) is 53.3 Å². The van der Waals surface area contributed by atoms with Gasteiger partial charge in [0.2, 0.25) is 5.43 Å². The van der Waals surface area contributed by atoms with Crippen LogP contribution in [0.3, 0.4) is 0 Å². The Morgan fingerprint density at radius 2 is 1.91 bits per heavy atom. The predicted molar refractivity (Wildman–Crippen MR) is 85.9 cm³/mol. The molecule has 0 spiro atoms. The maximum absolute atomic E-state index is 13.5. The topological polar surface area (TPSA) is 59.2 Å². The summed E-state index contributed by atoms with van der Waals surface area (Å²) in [4.78, 5) is 28.0. The van der Waals surface area contributed by atoms with Gasteiger partial charge in [-0.2, -0.15) is 0 Å². The highest BCUT2D eigenvalue weighted by Gasteiger charge is 2.21. The standard InChI is InChI=1S/C18H14FNO3/c1-2-23-18(22)15-16(11-6-4-3-5-7-11)20-14-9-8-12(19)10-13(14)17(15)21/h3-10H,2H2,1H3,(H,20,21). The number of benzene rings is 2. The van der Waals surface area contributed by atoms with Gasteiger partial charge in [0.15, 0.2) is 0 Å². The number of fused-ring (bicyclic) bond motifs is 1. The van der Waals surface area contributed by atoms with Crippen molar-refractivity contribution in [2.24, 2.45) is 0 Å². The number of aromatic amines is 1. The Balaban J connectivity index is 2.37. The Morgan fingerprint density at radius 1 is 1.17 bits per heavy atom. The molecular weight excluding hydrogens is 297 g/mol. The number of aromatic nitrogens is 1. The van der Waals surface area contributed by atoms with Crippen LogP contribution in [0.4, 0.5) is 4.39 Å². The van der Waals surface area contributed by atoms with Crippen molar-refractivity contribution in [3.8, 4) is 11.3 Å². The zero-order valence-corrected chi connectivity index (χ0v) is 12.4. The maximum Gasteiger partial charge on any atom is 0.344 e. The molecule has 5 heteroatoms.